The van der Waals surface area contributed by atoms with Crippen molar-refractivity contribution in [2.45, 2.75) is 50.2 Å². The van der Waals surface area contributed by atoms with Crippen LogP contribution in [0, 0.1) is 0 Å². The van der Waals surface area contributed by atoms with Crippen molar-refractivity contribution in [3.8, 4) is 0 Å². The molecule has 0 bridgehead atoms. The number of epoxide rings is 1. The van der Waals surface area contributed by atoms with Gasteiger partial charge in [-0.05, 0) is 25.9 Å². The number of ether oxygens (including phenoxy) is 1. The Bertz CT molecular complexity index is 172. The maximum absolute atomic E-state index is 5.70. The largest absolute Gasteiger partial charge is 0.364 e. The SMILES string of the molecule is CC12C[Si](C)(C)CC1(C)O2. The minimum Gasteiger partial charge on any atom is -0.364 e. The summed E-state index contributed by atoms with van der Waals surface area (Å²) >= 11 is 0. The minimum atomic E-state index is -0.823. The summed E-state index contributed by atoms with van der Waals surface area (Å²) in [4.78, 5) is 0. The van der Waals surface area contributed by atoms with Gasteiger partial charge in [0.15, 0.2) is 0 Å². The average molecular weight is 156 g/mol. The van der Waals surface area contributed by atoms with Gasteiger partial charge in [0.25, 0.3) is 0 Å². The second-order valence-electron chi connectivity index (χ2n) is 5.08. The summed E-state index contributed by atoms with van der Waals surface area (Å²) in [5.41, 5.74) is 0.589. The lowest BCUT2D eigenvalue weighted by atomic mass is 10.0. The highest BCUT2D eigenvalue weighted by Gasteiger charge is 2.71. The molecule has 2 fully saturated rings. The quantitative estimate of drug-likeness (QED) is 0.387. The fourth-order valence-electron chi connectivity index (χ4n) is 2.81. The van der Waals surface area contributed by atoms with Crippen LogP contribution in [0.1, 0.15) is 13.8 Å². The van der Waals surface area contributed by atoms with Gasteiger partial charge in [-0.2, -0.15) is 0 Å². The van der Waals surface area contributed by atoms with Crippen molar-refractivity contribution in [1.29, 1.82) is 0 Å². The molecule has 2 aliphatic rings. The molecule has 0 amide bonds. The molecule has 0 saturated carbocycles. The van der Waals surface area contributed by atoms with Crippen molar-refractivity contribution < 1.29 is 4.74 Å². The molecule has 1 nitrogen and oxygen atoms in total. The molecule has 10 heavy (non-hydrogen) atoms. The average Bonchev–Trinajstić information content (AvgIpc) is 1.93. The first-order valence-electron chi connectivity index (χ1n) is 4.07. The first-order valence-corrected chi connectivity index (χ1v) is 7.49. The van der Waals surface area contributed by atoms with Crippen molar-refractivity contribution >= 4 is 8.07 Å². The third-order valence-corrected chi connectivity index (χ3v) is 6.42. The normalized spacial score (nSPS) is 56.4. The third-order valence-electron chi connectivity index (χ3n) is 3.16. The molecular weight excluding hydrogens is 140 g/mol. The van der Waals surface area contributed by atoms with E-state index in [2.05, 4.69) is 26.9 Å². The Morgan fingerprint density at radius 1 is 1.10 bits per heavy atom. The van der Waals surface area contributed by atoms with Crippen LogP contribution in [0.2, 0.25) is 25.2 Å². The summed E-state index contributed by atoms with van der Waals surface area (Å²) < 4.78 is 5.70. The van der Waals surface area contributed by atoms with Gasteiger partial charge in [-0.3, -0.25) is 0 Å². The highest BCUT2D eigenvalue weighted by molar-refractivity contribution is 6.79. The summed E-state index contributed by atoms with van der Waals surface area (Å²) in [6.07, 6.45) is 0. The van der Waals surface area contributed by atoms with E-state index in [1.807, 2.05) is 0 Å². The maximum Gasteiger partial charge on any atom is 0.0923 e. The van der Waals surface area contributed by atoms with Crippen LogP contribution in [0.15, 0.2) is 0 Å². The molecule has 2 aliphatic heterocycles. The zero-order chi connectivity index (χ0) is 7.62. The van der Waals surface area contributed by atoms with E-state index in [0.717, 1.165) is 0 Å². The fourth-order valence-corrected chi connectivity index (χ4v) is 7.48. The summed E-state index contributed by atoms with van der Waals surface area (Å²) in [5, 5.41) is 0. The van der Waals surface area contributed by atoms with Gasteiger partial charge in [0.05, 0.1) is 19.3 Å². The molecule has 0 aromatic carbocycles. The van der Waals surface area contributed by atoms with Crippen molar-refractivity contribution in [1.82, 2.24) is 0 Å². The van der Waals surface area contributed by atoms with Crippen LogP contribution in [0.4, 0.5) is 0 Å². The molecule has 0 N–H and O–H groups in total. The molecule has 0 aliphatic carbocycles. The molecular formula is C8H16OSi. The number of hydrogen-bond acceptors (Lipinski definition) is 1. The van der Waals surface area contributed by atoms with E-state index in [4.69, 9.17) is 4.74 Å². The van der Waals surface area contributed by atoms with Gasteiger partial charge in [-0.25, -0.2) is 0 Å². The Morgan fingerprint density at radius 2 is 1.50 bits per heavy atom. The van der Waals surface area contributed by atoms with Gasteiger partial charge in [0.1, 0.15) is 0 Å². The summed E-state index contributed by atoms with van der Waals surface area (Å²) in [6.45, 7) is 9.49. The Kier molecular flexibility index (Phi) is 0.939. The van der Waals surface area contributed by atoms with Crippen LogP contribution < -0.4 is 0 Å². The van der Waals surface area contributed by atoms with Crippen LogP contribution in [0.5, 0.6) is 0 Å². The predicted molar refractivity (Wildman–Crippen MR) is 45.0 cm³/mol. The lowest BCUT2D eigenvalue weighted by Crippen LogP contribution is -2.25. The Hall–Kier alpha value is 0.177. The Morgan fingerprint density at radius 3 is 1.70 bits per heavy atom. The van der Waals surface area contributed by atoms with Crippen molar-refractivity contribution in [2.75, 3.05) is 0 Å². The van der Waals surface area contributed by atoms with Gasteiger partial charge < -0.3 is 4.74 Å². The van der Waals surface area contributed by atoms with Gasteiger partial charge >= 0.3 is 0 Å². The number of fused-ring (bicyclic) bond motifs is 1. The molecule has 2 heteroatoms. The van der Waals surface area contributed by atoms with Crippen LogP contribution in [0.3, 0.4) is 0 Å². The monoisotopic (exact) mass is 156 g/mol. The van der Waals surface area contributed by atoms with Crippen LogP contribution in [-0.4, -0.2) is 19.3 Å². The lowest BCUT2D eigenvalue weighted by molar-refractivity contribution is 0.284. The zero-order valence-electron chi connectivity index (χ0n) is 7.32. The second kappa shape index (κ2) is 1.37. The van der Waals surface area contributed by atoms with Crippen LogP contribution in [0.25, 0.3) is 0 Å². The molecule has 2 saturated heterocycles. The van der Waals surface area contributed by atoms with Gasteiger partial charge in [0, 0.05) is 0 Å². The molecule has 2 atom stereocenters. The third kappa shape index (κ3) is 0.664. The minimum absolute atomic E-state index is 0.294. The van der Waals surface area contributed by atoms with E-state index in [1.54, 1.807) is 0 Å². The standard InChI is InChI=1S/C8H16OSi/c1-7-5-10(3,4)6-8(7,2)9-7/h5-6H2,1-4H3. The molecule has 2 heterocycles. The molecule has 0 radical (unpaired) electrons. The number of hydrogen-bond donors (Lipinski definition) is 0. The smallest absolute Gasteiger partial charge is 0.0923 e. The topological polar surface area (TPSA) is 12.5 Å². The van der Waals surface area contributed by atoms with Crippen molar-refractivity contribution in [2.24, 2.45) is 0 Å². The molecule has 0 spiro atoms. The van der Waals surface area contributed by atoms with E-state index < -0.39 is 8.07 Å². The molecule has 58 valence electrons. The van der Waals surface area contributed by atoms with Gasteiger partial charge in [-0.1, -0.05) is 13.1 Å². The van der Waals surface area contributed by atoms with Gasteiger partial charge in [0.2, 0.25) is 0 Å². The zero-order valence-corrected chi connectivity index (χ0v) is 8.32. The predicted octanol–water partition coefficient (Wildman–Crippen LogP) is 2.26. The highest BCUT2D eigenvalue weighted by Crippen LogP contribution is 2.62. The van der Waals surface area contributed by atoms with E-state index in [1.165, 1.54) is 12.1 Å². The molecule has 2 rings (SSSR count). The Labute approximate surface area is 63.8 Å². The van der Waals surface area contributed by atoms with Crippen LogP contribution in [-0.2, 0) is 4.74 Å². The summed E-state index contributed by atoms with van der Waals surface area (Å²) in [6, 6.07) is 2.74. The van der Waals surface area contributed by atoms with Crippen molar-refractivity contribution in [3.05, 3.63) is 0 Å². The van der Waals surface area contributed by atoms with E-state index in [9.17, 15) is 0 Å². The van der Waals surface area contributed by atoms with Gasteiger partial charge in [-0.15, -0.1) is 0 Å². The van der Waals surface area contributed by atoms with E-state index in [-0.39, 0.29) is 0 Å². The molecule has 0 aromatic heterocycles. The summed E-state index contributed by atoms with van der Waals surface area (Å²) in [5.74, 6) is 0. The van der Waals surface area contributed by atoms with E-state index >= 15 is 0 Å². The first-order chi connectivity index (χ1) is 4.37. The van der Waals surface area contributed by atoms with Crippen molar-refractivity contribution in [3.63, 3.8) is 0 Å². The molecule has 2 unspecified atom stereocenters. The maximum atomic E-state index is 5.70. The lowest BCUT2D eigenvalue weighted by Gasteiger charge is -2.17. The van der Waals surface area contributed by atoms with Crippen LogP contribution >= 0.6 is 0 Å². The fraction of sp³-hybridized carbons (Fsp3) is 1.00. The molecule has 0 aromatic rings. The second-order valence-corrected chi connectivity index (χ2v) is 10.1. The summed E-state index contributed by atoms with van der Waals surface area (Å²) in [7, 11) is -0.823. The van der Waals surface area contributed by atoms with E-state index in [0.29, 0.717) is 11.2 Å². The Balaban J connectivity index is 2.24. The highest BCUT2D eigenvalue weighted by atomic mass is 28.3. The first kappa shape index (κ1) is 6.86. The number of rotatable bonds is 0.